The number of nitrogens with one attached hydrogen (secondary N) is 1. The van der Waals surface area contributed by atoms with Gasteiger partial charge in [0.25, 0.3) is 0 Å². The standard InChI is InChI=1S/C22H24N2O/c1-17(24-13-11-18-6-2-3-8-20(18)16-24)15-23-12-10-21-14-19-7-4-5-9-22(19)25-21/h2-9,11,13-14,17,23H,10,12,15-16H2,1H3/t17-/m1/s1. The van der Waals surface area contributed by atoms with Gasteiger partial charge in [0, 0.05) is 43.7 Å². The van der Waals surface area contributed by atoms with Crippen LogP contribution in [0.5, 0.6) is 0 Å². The quantitative estimate of drug-likeness (QED) is 0.677. The Balaban J connectivity index is 1.26. The Bertz CT molecular complexity index is 847. The SMILES string of the molecule is C[C@H](CNCCc1cc2ccccc2o1)N1C=Cc2ccccc2C1. The third-order valence-electron chi connectivity index (χ3n) is 4.88. The lowest BCUT2D eigenvalue weighted by atomic mass is 10.0. The molecule has 0 amide bonds. The first-order chi connectivity index (χ1) is 12.3. The zero-order valence-corrected chi connectivity index (χ0v) is 14.6. The average molecular weight is 332 g/mol. The highest BCUT2D eigenvalue weighted by molar-refractivity contribution is 5.77. The first kappa shape index (κ1) is 16.0. The van der Waals surface area contributed by atoms with E-state index in [9.17, 15) is 0 Å². The zero-order chi connectivity index (χ0) is 17.1. The summed E-state index contributed by atoms with van der Waals surface area (Å²) >= 11 is 0. The molecule has 0 bridgehead atoms. The number of para-hydroxylation sites is 1. The summed E-state index contributed by atoms with van der Waals surface area (Å²) in [5.74, 6) is 1.05. The van der Waals surface area contributed by atoms with Crippen LogP contribution in [0.15, 0.2) is 65.2 Å². The molecule has 1 aromatic heterocycles. The molecule has 3 heteroatoms. The molecule has 4 rings (SSSR count). The molecule has 0 saturated carbocycles. The Kier molecular flexibility index (Phi) is 4.57. The second-order valence-electron chi connectivity index (χ2n) is 6.74. The van der Waals surface area contributed by atoms with Crippen molar-refractivity contribution < 1.29 is 4.42 Å². The van der Waals surface area contributed by atoms with E-state index in [0.29, 0.717) is 6.04 Å². The molecular weight excluding hydrogens is 308 g/mol. The minimum absolute atomic E-state index is 0.459. The van der Waals surface area contributed by atoms with Crippen molar-refractivity contribution in [1.82, 2.24) is 10.2 Å². The Morgan fingerprint density at radius 1 is 1.12 bits per heavy atom. The Hall–Kier alpha value is -2.52. The van der Waals surface area contributed by atoms with Gasteiger partial charge in [-0.3, -0.25) is 0 Å². The lowest BCUT2D eigenvalue weighted by Gasteiger charge is -2.31. The van der Waals surface area contributed by atoms with Crippen LogP contribution in [0.3, 0.4) is 0 Å². The van der Waals surface area contributed by atoms with Crippen LogP contribution in [0.1, 0.15) is 23.8 Å². The topological polar surface area (TPSA) is 28.4 Å². The highest BCUT2D eigenvalue weighted by Crippen LogP contribution is 2.21. The van der Waals surface area contributed by atoms with Crippen molar-refractivity contribution in [1.29, 1.82) is 0 Å². The number of nitrogens with zero attached hydrogens (tertiary/aromatic N) is 1. The number of hydrogen-bond donors (Lipinski definition) is 1. The molecule has 128 valence electrons. The highest BCUT2D eigenvalue weighted by Gasteiger charge is 2.15. The molecule has 0 saturated heterocycles. The van der Waals surface area contributed by atoms with Crippen LogP contribution >= 0.6 is 0 Å². The molecule has 3 aromatic rings. The third kappa shape index (κ3) is 3.62. The number of benzene rings is 2. The van der Waals surface area contributed by atoms with Crippen LogP contribution in [-0.2, 0) is 13.0 Å². The van der Waals surface area contributed by atoms with Gasteiger partial charge in [0.1, 0.15) is 11.3 Å². The summed E-state index contributed by atoms with van der Waals surface area (Å²) in [5.41, 5.74) is 3.71. The van der Waals surface area contributed by atoms with Gasteiger partial charge in [-0.2, -0.15) is 0 Å². The second-order valence-corrected chi connectivity index (χ2v) is 6.74. The predicted molar refractivity (Wildman–Crippen MR) is 103 cm³/mol. The van der Waals surface area contributed by atoms with Crippen molar-refractivity contribution in [2.45, 2.75) is 25.9 Å². The predicted octanol–water partition coefficient (Wildman–Crippen LogP) is 4.44. The lowest BCUT2D eigenvalue weighted by Crippen LogP contribution is -2.38. The highest BCUT2D eigenvalue weighted by atomic mass is 16.3. The lowest BCUT2D eigenvalue weighted by molar-refractivity contribution is 0.275. The van der Waals surface area contributed by atoms with E-state index in [1.807, 2.05) is 18.2 Å². The van der Waals surface area contributed by atoms with Gasteiger partial charge >= 0.3 is 0 Å². The summed E-state index contributed by atoms with van der Waals surface area (Å²) < 4.78 is 5.87. The maximum atomic E-state index is 5.87. The van der Waals surface area contributed by atoms with Crippen molar-refractivity contribution in [3.8, 4) is 0 Å². The van der Waals surface area contributed by atoms with Gasteiger partial charge in [-0.15, -0.1) is 0 Å². The van der Waals surface area contributed by atoms with E-state index in [-0.39, 0.29) is 0 Å². The van der Waals surface area contributed by atoms with E-state index < -0.39 is 0 Å². The van der Waals surface area contributed by atoms with Crippen LogP contribution in [0, 0.1) is 0 Å². The number of rotatable bonds is 6. The fraction of sp³-hybridized carbons (Fsp3) is 0.273. The molecule has 0 radical (unpaired) electrons. The molecule has 0 spiro atoms. The van der Waals surface area contributed by atoms with Crippen LogP contribution < -0.4 is 5.32 Å². The molecule has 1 aliphatic rings. The number of furan rings is 1. The molecule has 3 nitrogen and oxygen atoms in total. The second kappa shape index (κ2) is 7.16. The summed E-state index contributed by atoms with van der Waals surface area (Å²) in [7, 11) is 0. The Morgan fingerprint density at radius 2 is 1.96 bits per heavy atom. The fourth-order valence-electron chi connectivity index (χ4n) is 3.37. The van der Waals surface area contributed by atoms with E-state index in [1.54, 1.807) is 0 Å². The first-order valence-corrected chi connectivity index (χ1v) is 8.99. The van der Waals surface area contributed by atoms with Gasteiger partial charge in [0.15, 0.2) is 0 Å². The normalized spacial score (nSPS) is 14.7. The average Bonchev–Trinajstić information content (AvgIpc) is 3.07. The molecule has 2 aromatic carbocycles. The number of hydrogen-bond acceptors (Lipinski definition) is 3. The summed E-state index contributed by atoms with van der Waals surface area (Å²) in [6, 6.07) is 19.4. The molecule has 1 aliphatic heterocycles. The van der Waals surface area contributed by atoms with Gasteiger partial charge < -0.3 is 14.6 Å². The molecule has 1 N–H and O–H groups in total. The molecular formula is C22H24N2O. The fourth-order valence-corrected chi connectivity index (χ4v) is 3.37. The summed E-state index contributed by atoms with van der Waals surface area (Å²) in [6.07, 6.45) is 5.34. The van der Waals surface area contributed by atoms with Crippen molar-refractivity contribution in [2.75, 3.05) is 13.1 Å². The van der Waals surface area contributed by atoms with Crippen LogP contribution in [0.25, 0.3) is 17.0 Å². The molecule has 0 fully saturated rings. The first-order valence-electron chi connectivity index (χ1n) is 8.99. The molecule has 0 unspecified atom stereocenters. The molecule has 25 heavy (non-hydrogen) atoms. The summed E-state index contributed by atoms with van der Waals surface area (Å²) in [5, 5.41) is 4.75. The van der Waals surface area contributed by atoms with E-state index in [4.69, 9.17) is 4.42 Å². The van der Waals surface area contributed by atoms with Crippen molar-refractivity contribution in [3.63, 3.8) is 0 Å². The van der Waals surface area contributed by atoms with Gasteiger partial charge in [0.2, 0.25) is 0 Å². The van der Waals surface area contributed by atoms with Crippen molar-refractivity contribution in [3.05, 3.63) is 77.7 Å². The summed E-state index contributed by atoms with van der Waals surface area (Å²) in [6.45, 7) is 5.15. The van der Waals surface area contributed by atoms with Crippen LogP contribution in [-0.4, -0.2) is 24.0 Å². The minimum Gasteiger partial charge on any atom is -0.461 e. The van der Waals surface area contributed by atoms with E-state index in [0.717, 1.165) is 37.4 Å². The van der Waals surface area contributed by atoms with E-state index >= 15 is 0 Å². The maximum absolute atomic E-state index is 5.87. The monoisotopic (exact) mass is 332 g/mol. The van der Waals surface area contributed by atoms with Crippen molar-refractivity contribution >= 4 is 17.0 Å². The third-order valence-corrected chi connectivity index (χ3v) is 4.88. The smallest absolute Gasteiger partial charge is 0.134 e. The van der Waals surface area contributed by atoms with Gasteiger partial charge in [0.05, 0.1) is 0 Å². The number of fused-ring (bicyclic) bond motifs is 2. The largest absolute Gasteiger partial charge is 0.461 e. The van der Waals surface area contributed by atoms with Gasteiger partial charge in [-0.05, 0) is 36.3 Å². The van der Waals surface area contributed by atoms with Gasteiger partial charge in [-0.1, -0.05) is 42.5 Å². The zero-order valence-electron chi connectivity index (χ0n) is 14.6. The van der Waals surface area contributed by atoms with Gasteiger partial charge in [-0.25, -0.2) is 0 Å². The maximum Gasteiger partial charge on any atom is 0.134 e. The summed E-state index contributed by atoms with van der Waals surface area (Å²) in [4.78, 5) is 2.40. The Morgan fingerprint density at radius 3 is 2.88 bits per heavy atom. The van der Waals surface area contributed by atoms with E-state index in [2.05, 4.69) is 65.8 Å². The van der Waals surface area contributed by atoms with Crippen LogP contribution in [0.2, 0.25) is 0 Å². The van der Waals surface area contributed by atoms with Crippen molar-refractivity contribution in [2.24, 2.45) is 0 Å². The molecule has 1 atom stereocenters. The molecule has 0 aliphatic carbocycles. The molecule has 2 heterocycles. The minimum atomic E-state index is 0.459. The Labute approximate surface area is 148 Å². The van der Waals surface area contributed by atoms with Crippen LogP contribution in [0.4, 0.5) is 0 Å². The van der Waals surface area contributed by atoms with E-state index in [1.165, 1.54) is 16.5 Å².